The quantitative estimate of drug-likeness (QED) is 0.122. The van der Waals surface area contributed by atoms with Crippen molar-refractivity contribution in [3.8, 4) is 5.75 Å². The normalized spacial score (nSPS) is 14.0. The molecule has 4 unspecified atom stereocenters. The van der Waals surface area contributed by atoms with E-state index in [9.17, 15) is 29.4 Å². The summed E-state index contributed by atoms with van der Waals surface area (Å²) in [6.07, 6.45) is 3.12. The van der Waals surface area contributed by atoms with E-state index in [1.807, 2.05) is 24.3 Å². The maximum absolute atomic E-state index is 13.4. The number of benzene rings is 2. The van der Waals surface area contributed by atoms with Crippen LogP contribution in [0.15, 0.2) is 54.7 Å². The summed E-state index contributed by atoms with van der Waals surface area (Å²) in [6, 6.07) is 9.30. The van der Waals surface area contributed by atoms with Gasteiger partial charge in [0.15, 0.2) is 0 Å². The molecule has 0 aliphatic carbocycles. The molecule has 1 aromatic heterocycles. The zero-order valence-electron chi connectivity index (χ0n) is 22.9. The number of hydrogen-bond acceptors (Lipinski definition) is 7. The number of phenolic OH excluding ortho intramolecular Hbond substituents is 1. The fourth-order valence-electron chi connectivity index (χ4n) is 4.41. The Morgan fingerprint density at radius 2 is 1.49 bits per heavy atom. The van der Waals surface area contributed by atoms with Gasteiger partial charge in [-0.05, 0) is 62.1 Å². The molecule has 0 fully saturated rings. The number of aromatic nitrogens is 1. The third-order valence-electron chi connectivity index (χ3n) is 6.72. The lowest BCUT2D eigenvalue weighted by atomic mass is 10.0. The maximum atomic E-state index is 13.4. The Labute approximate surface area is 237 Å². The summed E-state index contributed by atoms with van der Waals surface area (Å²) in [4.78, 5) is 54.4. The number of nitrogens with one attached hydrogen (secondary N) is 4. The standard InChI is InChI=1S/C29H38N6O6/c1-17(31)26(37)34-24(14-18-9-11-20(36)12-10-18)28(39)33-23(8-4-5-13-30)27(38)35-25(29(40)41)15-19-16-32-22-7-3-2-6-21(19)22/h2-3,6-7,9-12,16-17,23-25,32,36H,4-5,8,13-15,30-31H2,1H3,(H,33,39)(H,34,37)(H,35,38)(H,40,41). The van der Waals surface area contributed by atoms with Gasteiger partial charge in [0, 0.05) is 29.9 Å². The minimum atomic E-state index is -1.25. The summed E-state index contributed by atoms with van der Waals surface area (Å²) in [7, 11) is 0. The minimum absolute atomic E-state index is 0.0302. The lowest BCUT2D eigenvalue weighted by Gasteiger charge is -2.25. The van der Waals surface area contributed by atoms with Crippen molar-refractivity contribution in [1.29, 1.82) is 0 Å². The van der Waals surface area contributed by atoms with Gasteiger partial charge in [-0.15, -0.1) is 0 Å². The van der Waals surface area contributed by atoms with E-state index in [0.717, 1.165) is 16.5 Å². The Hall–Kier alpha value is -4.42. The SMILES string of the molecule is CC(N)C(=O)NC(Cc1ccc(O)cc1)C(=O)NC(CCCCN)C(=O)NC(Cc1c[nH]c2ccccc12)C(=O)O. The van der Waals surface area contributed by atoms with Crippen LogP contribution in [-0.2, 0) is 32.0 Å². The third-order valence-corrected chi connectivity index (χ3v) is 6.72. The van der Waals surface area contributed by atoms with Gasteiger partial charge in [0.2, 0.25) is 17.7 Å². The van der Waals surface area contributed by atoms with Crippen LogP contribution in [0.4, 0.5) is 0 Å². The number of rotatable bonds is 15. The van der Waals surface area contributed by atoms with Gasteiger partial charge in [-0.1, -0.05) is 30.3 Å². The van der Waals surface area contributed by atoms with Gasteiger partial charge >= 0.3 is 5.97 Å². The van der Waals surface area contributed by atoms with E-state index in [2.05, 4.69) is 20.9 Å². The van der Waals surface area contributed by atoms with Crippen LogP contribution in [0.25, 0.3) is 10.9 Å². The average Bonchev–Trinajstić information content (AvgIpc) is 3.35. The van der Waals surface area contributed by atoms with Gasteiger partial charge in [-0.25, -0.2) is 4.79 Å². The highest BCUT2D eigenvalue weighted by molar-refractivity contribution is 5.94. The summed E-state index contributed by atoms with van der Waals surface area (Å²) in [5.41, 5.74) is 13.5. The number of para-hydroxylation sites is 1. The van der Waals surface area contributed by atoms with Gasteiger partial charge in [0.25, 0.3) is 0 Å². The minimum Gasteiger partial charge on any atom is -0.508 e. The highest BCUT2D eigenvalue weighted by atomic mass is 16.4. The van der Waals surface area contributed by atoms with Gasteiger partial charge in [0.05, 0.1) is 6.04 Å². The molecule has 3 aromatic rings. The molecular formula is C29H38N6O6. The molecule has 3 rings (SSSR count). The number of carbonyl (C=O) groups excluding carboxylic acids is 3. The van der Waals surface area contributed by atoms with Crippen molar-refractivity contribution in [1.82, 2.24) is 20.9 Å². The number of fused-ring (bicyclic) bond motifs is 1. The van der Waals surface area contributed by atoms with Crippen LogP contribution in [0.3, 0.4) is 0 Å². The first-order valence-electron chi connectivity index (χ1n) is 13.5. The van der Waals surface area contributed by atoms with E-state index < -0.39 is 47.9 Å². The number of carbonyl (C=O) groups is 4. The number of carboxylic acids is 1. The third kappa shape index (κ3) is 9.05. The second-order valence-electron chi connectivity index (χ2n) is 10.0. The van der Waals surface area contributed by atoms with Crippen LogP contribution in [0.1, 0.15) is 37.3 Å². The molecule has 1 heterocycles. The van der Waals surface area contributed by atoms with Crippen LogP contribution in [0, 0.1) is 0 Å². The van der Waals surface area contributed by atoms with E-state index in [0.29, 0.717) is 24.9 Å². The largest absolute Gasteiger partial charge is 0.508 e. The highest BCUT2D eigenvalue weighted by Gasteiger charge is 2.30. The molecule has 3 amide bonds. The predicted molar refractivity (Wildman–Crippen MR) is 154 cm³/mol. The predicted octanol–water partition coefficient (Wildman–Crippen LogP) is 0.674. The summed E-state index contributed by atoms with van der Waals surface area (Å²) in [5, 5.41) is 28.2. The van der Waals surface area contributed by atoms with E-state index in [1.165, 1.54) is 19.1 Å². The number of amides is 3. The first-order chi connectivity index (χ1) is 19.6. The van der Waals surface area contributed by atoms with Gasteiger partial charge in [0.1, 0.15) is 23.9 Å². The van der Waals surface area contributed by atoms with Crippen molar-refractivity contribution in [2.75, 3.05) is 6.54 Å². The molecular weight excluding hydrogens is 528 g/mol. The molecule has 220 valence electrons. The van der Waals surface area contributed by atoms with Crippen LogP contribution in [0.2, 0.25) is 0 Å². The highest BCUT2D eigenvalue weighted by Crippen LogP contribution is 2.19. The summed E-state index contributed by atoms with van der Waals surface area (Å²) in [6.45, 7) is 1.86. The van der Waals surface area contributed by atoms with E-state index in [4.69, 9.17) is 11.5 Å². The number of phenols is 1. The van der Waals surface area contributed by atoms with Crippen LogP contribution < -0.4 is 27.4 Å². The second-order valence-corrected chi connectivity index (χ2v) is 10.0. The molecule has 0 saturated heterocycles. The first kappa shape index (κ1) is 31.1. The fourth-order valence-corrected chi connectivity index (χ4v) is 4.41. The van der Waals surface area contributed by atoms with Gasteiger partial charge < -0.3 is 42.6 Å². The van der Waals surface area contributed by atoms with Crippen molar-refractivity contribution in [2.45, 2.75) is 63.2 Å². The number of aromatic hydroxyl groups is 1. The molecule has 10 N–H and O–H groups in total. The molecule has 0 spiro atoms. The fraction of sp³-hybridized carbons (Fsp3) is 0.379. The zero-order chi connectivity index (χ0) is 29.9. The van der Waals surface area contributed by atoms with Gasteiger partial charge in [-0.2, -0.15) is 0 Å². The smallest absolute Gasteiger partial charge is 0.326 e. The van der Waals surface area contributed by atoms with Crippen LogP contribution >= 0.6 is 0 Å². The lowest BCUT2D eigenvalue weighted by Crippen LogP contribution is -2.57. The Morgan fingerprint density at radius 3 is 2.15 bits per heavy atom. The number of carboxylic acid groups (broad SMARTS) is 1. The Kier molecular flexibility index (Phi) is 11.2. The number of nitrogens with two attached hydrogens (primary N) is 2. The molecule has 0 radical (unpaired) electrons. The first-order valence-corrected chi connectivity index (χ1v) is 13.5. The number of H-pyrrole nitrogens is 1. The maximum Gasteiger partial charge on any atom is 0.326 e. The molecule has 12 nitrogen and oxygen atoms in total. The molecule has 4 atom stereocenters. The topological polar surface area (TPSA) is 213 Å². The van der Waals surface area contributed by atoms with Crippen molar-refractivity contribution in [3.63, 3.8) is 0 Å². The van der Waals surface area contributed by atoms with Crippen molar-refractivity contribution in [3.05, 3.63) is 65.9 Å². The molecule has 41 heavy (non-hydrogen) atoms. The van der Waals surface area contributed by atoms with Crippen molar-refractivity contribution in [2.24, 2.45) is 11.5 Å². The number of aromatic amines is 1. The average molecular weight is 567 g/mol. The summed E-state index contributed by atoms with van der Waals surface area (Å²) < 4.78 is 0. The molecule has 12 heteroatoms. The zero-order valence-corrected chi connectivity index (χ0v) is 22.9. The Balaban J connectivity index is 1.78. The summed E-state index contributed by atoms with van der Waals surface area (Å²) >= 11 is 0. The van der Waals surface area contributed by atoms with Gasteiger partial charge in [-0.3, -0.25) is 14.4 Å². The number of hydrogen-bond donors (Lipinski definition) is 8. The Bertz CT molecular complexity index is 1340. The van der Waals surface area contributed by atoms with E-state index >= 15 is 0 Å². The molecule has 0 saturated carbocycles. The van der Waals surface area contributed by atoms with Crippen molar-refractivity contribution >= 4 is 34.6 Å². The van der Waals surface area contributed by atoms with Crippen LogP contribution in [0.5, 0.6) is 5.75 Å². The molecule has 0 aliphatic rings. The molecule has 0 aliphatic heterocycles. The summed E-state index contributed by atoms with van der Waals surface area (Å²) in [5.74, 6) is -3.03. The Morgan fingerprint density at radius 1 is 0.854 bits per heavy atom. The van der Waals surface area contributed by atoms with Crippen LogP contribution in [-0.4, -0.2) is 69.6 Å². The van der Waals surface area contributed by atoms with E-state index in [1.54, 1.807) is 18.3 Å². The monoisotopic (exact) mass is 566 g/mol. The van der Waals surface area contributed by atoms with E-state index in [-0.39, 0.29) is 25.0 Å². The van der Waals surface area contributed by atoms with Crippen molar-refractivity contribution < 1.29 is 29.4 Å². The second kappa shape index (κ2) is 14.8. The number of aliphatic carboxylic acids is 1. The molecule has 2 aromatic carbocycles. The number of unbranched alkanes of at least 4 members (excludes halogenated alkanes) is 1. The lowest BCUT2D eigenvalue weighted by molar-refractivity contribution is -0.142. The molecule has 0 bridgehead atoms.